The Labute approximate surface area is 139 Å². The molecule has 4 heteroatoms. The van der Waals surface area contributed by atoms with E-state index in [1.807, 2.05) is 30.3 Å². The summed E-state index contributed by atoms with van der Waals surface area (Å²) in [5.74, 6) is -0.241. The molecule has 1 amide bonds. The average molecular weight is 359 g/mol. The molecule has 0 heterocycles. The quantitative estimate of drug-likeness (QED) is 0.636. The molecule has 3 nitrogen and oxygen atoms in total. The molecule has 0 aliphatic heterocycles. The van der Waals surface area contributed by atoms with E-state index in [9.17, 15) is 4.79 Å². The van der Waals surface area contributed by atoms with E-state index in [4.69, 9.17) is 0 Å². The summed E-state index contributed by atoms with van der Waals surface area (Å²) in [6.45, 7) is 6.52. The number of carbonyl (C=O) groups excluding carboxylic acids is 1. The molecule has 114 valence electrons. The van der Waals surface area contributed by atoms with Crippen LogP contribution in [-0.2, 0) is 5.41 Å². The SMILES string of the molecule is CC(C)(C)c1ccc(/C=N/NC(=O)c2ccccc2Br)cc1. The zero-order valence-corrected chi connectivity index (χ0v) is 14.5. The molecule has 0 bridgehead atoms. The fourth-order valence-electron chi connectivity index (χ4n) is 1.94. The third kappa shape index (κ3) is 4.28. The van der Waals surface area contributed by atoms with Gasteiger partial charge in [0.25, 0.3) is 5.91 Å². The molecule has 0 spiro atoms. The molecular formula is C18H19BrN2O. The van der Waals surface area contributed by atoms with Crippen LogP contribution in [0.2, 0.25) is 0 Å². The van der Waals surface area contributed by atoms with Crippen molar-refractivity contribution in [3.05, 3.63) is 69.7 Å². The molecule has 1 N–H and O–H groups in total. The van der Waals surface area contributed by atoms with Gasteiger partial charge in [-0.25, -0.2) is 5.43 Å². The molecule has 0 saturated carbocycles. The Morgan fingerprint density at radius 2 is 1.73 bits per heavy atom. The normalized spacial score (nSPS) is 11.6. The third-order valence-electron chi connectivity index (χ3n) is 3.27. The van der Waals surface area contributed by atoms with Gasteiger partial charge in [-0.1, -0.05) is 57.2 Å². The maximum absolute atomic E-state index is 12.0. The van der Waals surface area contributed by atoms with E-state index in [1.54, 1.807) is 12.3 Å². The first kappa shape index (κ1) is 16.4. The Kier molecular flexibility index (Phi) is 5.14. The van der Waals surface area contributed by atoms with Crippen molar-refractivity contribution in [2.24, 2.45) is 5.10 Å². The first-order chi connectivity index (χ1) is 10.4. The highest BCUT2D eigenvalue weighted by molar-refractivity contribution is 9.10. The molecule has 0 aliphatic rings. The summed E-state index contributed by atoms with van der Waals surface area (Å²) >= 11 is 3.35. The van der Waals surface area contributed by atoms with Crippen LogP contribution in [-0.4, -0.2) is 12.1 Å². The van der Waals surface area contributed by atoms with Crippen LogP contribution in [0.1, 0.15) is 42.3 Å². The summed E-state index contributed by atoms with van der Waals surface area (Å²) in [6, 6.07) is 15.4. The van der Waals surface area contributed by atoms with E-state index in [2.05, 4.69) is 59.4 Å². The summed E-state index contributed by atoms with van der Waals surface area (Å²) in [4.78, 5) is 12.0. The van der Waals surface area contributed by atoms with Crippen LogP contribution in [0.25, 0.3) is 0 Å². The minimum absolute atomic E-state index is 0.128. The number of rotatable bonds is 3. The molecule has 22 heavy (non-hydrogen) atoms. The molecule has 0 aromatic heterocycles. The average Bonchev–Trinajstić information content (AvgIpc) is 2.47. The van der Waals surface area contributed by atoms with Gasteiger partial charge in [0.15, 0.2) is 0 Å². The summed E-state index contributed by atoms with van der Waals surface area (Å²) in [7, 11) is 0. The minimum Gasteiger partial charge on any atom is -0.267 e. The smallest absolute Gasteiger partial charge is 0.267 e. The first-order valence-electron chi connectivity index (χ1n) is 7.06. The first-order valence-corrected chi connectivity index (χ1v) is 7.86. The number of hydrogen-bond donors (Lipinski definition) is 1. The molecule has 0 fully saturated rings. The van der Waals surface area contributed by atoms with Gasteiger partial charge in [0.05, 0.1) is 11.8 Å². The molecule has 0 saturated heterocycles. The third-order valence-corrected chi connectivity index (χ3v) is 3.97. The van der Waals surface area contributed by atoms with Crippen molar-refractivity contribution >= 4 is 28.1 Å². The molecule has 0 unspecified atom stereocenters. The summed E-state index contributed by atoms with van der Waals surface area (Å²) in [6.07, 6.45) is 1.64. The Hall–Kier alpha value is -1.94. The van der Waals surface area contributed by atoms with Crippen LogP contribution >= 0.6 is 15.9 Å². The molecule has 0 atom stereocenters. The van der Waals surface area contributed by atoms with Crippen LogP contribution in [0.4, 0.5) is 0 Å². The van der Waals surface area contributed by atoms with Gasteiger partial charge in [-0.05, 0) is 44.6 Å². The van der Waals surface area contributed by atoms with E-state index >= 15 is 0 Å². The lowest BCUT2D eigenvalue weighted by molar-refractivity contribution is 0.0954. The van der Waals surface area contributed by atoms with E-state index < -0.39 is 0 Å². The van der Waals surface area contributed by atoms with Crippen molar-refractivity contribution in [1.82, 2.24) is 5.43 Å². The molecular weight excluding hydrogens is 340 g/mol. The number of hydrazone groups is 1. The maximum atomic E-state index is 12.0. The van der Waals surface area contributed by atoms with Crippen molar-refractivity contribution in [2.75, 3.05) is 0 Å². The summed E-state index contributed by atoms with van der Waals surface area (Å²) < 4.78 is 0.747. The Morgan fingerprint density at radius 3 is 2.32 bits per heavy atom. The van der Waals surface area contributed by atoms with Gasteiger partial charge in [-0.15, -0.1) is 0 Å². The summed E-state index contributed by atoms with van der Waals surface area (Å²) in [5, 5.41) is 4.01. The second kappa shape index (κ2) is 6.88. The number of nitrogens with zero attached hydrogens (tertiary/aromatic N) is 1. The van der Waals surface area contributed by atoms with E-state index in [0.29, 0.717) is 5.56 Å². The monoisotopic (exact) mass is 358 g/mol. The molecule has 2 aromatic rings. The van der Waals surface area contributed by atoms with Gasteiger partial charge in [-0.2, -0.15) is 5.10 Å². The van der Waals surface area contributed by atoms with E-state index in [-0.39, 0.29) is 11.3 Å². The Balaban J connectivity index is 2.01. The number of benzene rings is 2. The van der Waals surface area contributed by atoms with Crippen LogP contribution in [0.5, 0.6) is 0 Å². The predicted molar refractivity (Wildman–Crippen MR) is 94.3 cm³/mol. The zero-order valence-electron chi connectivity index (χ0n) is 12.9. The Morgan fingerprint density at radius 1 is 1.09 bits per heavy atom. The van der Waals surface area contributed by atoms with Crippen molar-refractivity contribution < 1.29 is 4.79 Å². The fraction of sp³-hybridized carbons (Fsp3) is 0.222. The molecule has 0 radical (unpaired) electrons. The zero-order chi connectivity index (χ0) is 16.2. The largest absolute Gasteiger partial charge is 0.272 e. The van der Waals surface area contributed by atoms with Crippen molar-refractivity contribution in [3.63, 3.8) is 0 Å². The number of nitrogens with one attached hydrogen (secondary N) is 1. The molecule has 2 aromatic carbocycles. The standard InChI is InChI=1S/C18H19BrN2O/c1-18(2,3)14-10-8-13(9-11-14)12-20-21-17(22)15-6-4-5-7-16(15)19/h4-12H,1-3H3,(H,21,22)/b20-12+. The van der Waals surface area contributed by atoms with Crippen LogP contribution in [0.3, 0.4) is 0 Å². The van der Waals surface area contributed by atoms with Crippen molar-refractivity contribution in [1.29, 1.82) is 0 Å². The lowest BCUT2D eigenvalue weighted by atomic mass is 9.87. The van der Waals surface area contributed by atoms with Gasteiger partial charge in [0, 0.05) is 4.47 Å². The second-order valence-electron chi connectivity index (χ2n) is 6.05. The lowest BCUT2D eigenvalue weighted by Crippen LogP contribution is -2.18. The molecule has 2 rings (SSSR count). The van der Waals surface area contributed by atoms with E-state index in [0.717, 1.165) is 10.0 Å². The van der Waals surface area contributed by atoms with Crippen molar-refractivity contribution in [2.45, 2.75) is 26.2 Å². The minimum atomic E-state index is -0.241. The van der Waals surface area contributed by atoms with Crippen LogP contribution < -0.4 is 5.43 Å². The van der Waals surface area contributed by atoms with Gasteiger partial charge in [0.1, 0.15) is 0 Å². The van der Waals surface area contributed by atoms with Gasteiger partial charge in [-0.3, -0.25) is 4.79 Å². The highest BCUT2D eigenvalue weighted by Gasteiger charge is 2.12. The lowest BCUT2D eigenvalue weighted by Gasteiger charge is -2.18. The number of carbonyl (C=O) groups is 1. The van der Waals surface area contributed by atoms with Gasteiger partial charge in [0.2, 0.25) is 0 Å². The van der Waals surface area contributed by atoms with Crippen molar-refractivity contribution in [3.8, 4) is 0 Å². The van der Waals surface area contributed by atoms with E-state index in [1.165, 1.54) is 5.56 Å². The van der Waals surface area contributed by atoms with Crippen LogP contribution in [0.15, 0.2) is 58.1 Å². The topological polar surface area (TPSA) is 41.5 Å². The van der Waals surface area contributed by atoms with Gasteiger partial charge < -0.3 is 0 Å². The van der Waals surface area contributed by atoms with Crippen LogP contribution in [0, 0.1) is 0 Å². The number of halogens is 1. The molecule has 0 aliphatic carbocycles. The maximum Gasteiger partial charge on any atom is 0.272 e. The van der Waals surface area contributed by atoms with Gasteiger partial charge >= 0.3 is 0 Å². The summed E-state index contributed by atoms with van der Waals surface area (Å²) in [5.41, 5.74) is 5.43. The predicted octanol–water partition coefficient (Wildman–Crippen LogP) is 4.51. The number of hydrogen-bond acceptors (Lipinski definition) is 2. The highest BCUT2D eigenvalue weighted by Crippen LogP contribution is 2.21. The number of amides is 1. The second-order valence-corrected chi connectivity index (χ2v) is 6.91. The fourth-order valence-corrected chi connectivity index (χ4v) is 2.41. The Bertz CT molecular complexity index is 685. The highest BCUT2D eigenvalue weighted by atomic mass is 79.9.